The molecule has 2 atom stereocenters. The number of aromatic nitrogens is 1. The van der Waals surface area contributed by atoms with Gasteiger partial charge in [0.05, 0.1) is 11.1 Å². The first-order chi connectivity index (χ1) is 18.9. The SMILES string of the molecule is CNCN1CCC2C1CCN2C1CCC(c2ccc3ccccc3n2)CC1.O=Cc1cccc(C(F)(F)F)c1. The Morgan fingerprint density at radius 1 is 0.923 bits per heavy atom. The molecule has 5 nitrogen and oxygen atoms in total. The fraction of sp³-hybridized carbons (Fsp3) is 0.484. The van der Waals surface area contributed by atoms with Crippen LogP contribution in [0.5, 0.6) is 0 Å². The monoisotopic (exact) mass is 538 g/mol. The summed E-state index contributed by atoms with van der Waals surface area (Å²) in [6.07, 6.45) is 4.00. The molecule has 0 radical (unpaired) electrons. The van der Waals surface area contributed by atoms with E-state index in [1.165, 1.54) is 74.8 Å². The molecule has 2 aromatic carbocycles. The van der Waals surface area contributed by atoms with E-state index in [9.17, 15) is 18.0 Å². The van der Waals surface area contributed by atoms with Crippen LogP contribution in [0, 0.1) is 0 Å². The van der Waals surface area contributed by atoms with E-state index in [0.29, 0.717) is 12.2 Å². The number of nitrogens with zero attached hydrogens (tertiary/aromatic N) is 3. The van der Waals surface area contributed by atoms with E-state index in [1.54, 1.807) is 0 Å². The molecule has 208 valence electrons. The maximum atomic E-state index is 12.0. The number of rotatable bonds is 5. The first kappa shape index (κ1) is 27.7. The molecule has 0 spiro atoms. The number of alkyl halides is 3. The smallest absolute Gasteiger partial charge is 0.307 e. The van der Waals surface area contributed by atoms with Gasteiger partial charge in [-0.05, 0) is 69.8 Å². The lowest BCUT2D eigenvalue weighted by molar-refractivity contribution is -0.137. The van der Waals surface area contributed by atoms with E-state index in [0.717, 1.165) is 42.4 Å². The number of carbonyl (C=O) groups is 1. The predicted octanol–water partition coefficient (Wildman–Crippen LogP) is 6.10. The van der Waals surface area contributed by atoms with Gasteiger partial charge in [-0.3, -0.25) is 19.6 Å². The quantitative estimate of drug-likeness (QED) is 0.398. The number of benzene rings is 2. The molecular weight excluding hydrogens is 501 g/mol. The van der Waals surface area contributed by atoms with E-state index in [4.69, 9.17) is 4.98 Å². The highest BCUT2D eigenvalue weighted by molar-refractivity contribution is 5.78. The molecule has 39 heavy (non-hydrogen) atoms. The van der Waals surface area contributed by atoms with Gasteiger partial charge in [0.15, 0.2) is 0 Å². The van der Waals surface area contributed by atoms with Gasteiger partial charge in [0, 0.05) is 60.4 Å². The summed E-state index contributed by atoms with van der Waals surface area (Å²) in [5.41, 5.74) is 1.69. The molecule has 1 aromatic heterocycles. The number of nitrogens with one attached hydrogen (secondary N) is 1. The largest absolute Gasteiger partial charge is 0.416 e. The number of carbonyl (C=O) groups excluding carboxylic acids is 1. The summed E-state index contributed by atoms with van der Waals surface area (Å²) in [6, 6.07) is 19.7. The minimum Gasteiger partial charge on any atom is -0.307 e. The van der Waals surface area contributed by atoms with Crippen LogP contribution in [0.25, 0.3) is 10.9 Å². The Morgan fingerprint density at radius 3 is 2.44 bits per heavy atom. The zero-order chi connectivity index (χ0) is 27.4. The third kappa shape index (κ3) is 6.34. The van der Waals surface area contributed by atoms with Gasteiger partial charge in [0.1, 0.15) is 6.29 Å². The lowest BCUT2D eigenvalue weighted by Crippen LogP contribution is -2.44. The average molecular weight is 539 g/mol. The number of fused-ring (bicyclic) bond motifs is 2. The number of para-hydroxylation sites is 1. The fourth-order valence-electron chi connectivity index (χ4n) is 6.76. The van der Waals surface area contributed by atoms with Crippen molar-refractivity contribution >= 4 is 17.2 Å². The van der Waals surface area contributed by atoms with Crippen molar-refractivity contribution in [2.75, 3.05) is 26.8 Å². The third-order valence-electron chi connectivity index (χ3n) is 8.65. The van der Waals surface area contributed by atoms with Gasteiger partial charge in [-0.15, -0.1) is 0 Å². The summed E-state index contributed by atoms with van der Waals surface area (Å²) in [5, 5.41) is 4.61. The number of hydrogen-bond donors (Lipinski definition) is 1. The highest BCUT2D eigenvalue weighted by atomic mass is 19.4. The van der Waals surface area contributed by atoms with E-state index >= 15 is 0 Å². The maximum absolute atomic E-state index is 12.0. The normalized spacial score (nSPS) is 25.7. The highest BCUT2D eigenvalue weighted by Gasteiger charge is 2.45. The van der Waals surface area contributed by atoms with Gasteiger partial charge in [-0.25, -0.2) is 0 Å². The van der Waals surface area contributed by atoms with Gasteiger partial charge in [-0.1, -0.05) is 36.4 Å². The summed E-state index contributed by atoms with van der Waals surface area (Å²) in [6.45, 7) is 3.62. The average Bonchev–Trinajstić information content (AvgIpc) is 3.56. The Kier molecular flexibility index (Phi) is 8.64. The lowest BCUT2D eigenvalue weighted by Gasteiger charge is -2.37. The first-order valence-electron chi connectivity index (χ1n) is 14.0. The van der Waals surface area contributed by atoms with Crippen molar-refractivity contribution in [3.8, 4) is 0 Å². The summed E-state index contributed by atoms with van der Waals surface area (Å²) in [7, 11) is 2.07. The molecule has 3 aromatic rings. The summed E-state index contributed by atoms with van der Waals surface area (Å²) in [5.74, 6) is 0.647. The van der Waals surface area contributed by atoms with Crippen molar-refractivity contribution in [2.24, 2.45) is 0 Å². The second-order valence-corrected chi connectivity index (χ2v) is 10.9. The first-order valence-corrected chi connectivity index (χ1v) is 14.0. The molecule has 1 N–H and O–H groups in total. The van der Waals surface area contributed by atoms with Gasteiger partial charge in [0.2, 0.25) is 0 Å². The topological polar surface area (TPSA) is 48.5 Å². The summed E-state index contributed by atoms with van der Waals surface area (Å²) < 4.78 is 36.0. The second kappa shape index (κ2) is 12.1. The molecule has 2 saturated heterocycles. The molecule has 3 fully saturated rings. The number of aldehydes is 1. The standard InChI is InChI=1S/C23H32N4.C8H5F3O/c1-24-16-26-14-12-23-22(26)13-15-27(23)19-9-6-18(7-10-19)21-11-8-17-4-2-3-5-20(17)25-21;9-8(10,11)7-3-1-2-6(4-7)5-12/h2-5,8,11,18-19,22-24H,6-7,9-10,12-16H2,1H3;1-5H. The van der Waals surface area contributed by atoms with Crippen LogP contribution in [0.3, 0.4) is 0 Å². The van der Waals surface area contributed by atoms with Gasteiger partial charge in [0.25, 0.3) is 0 Å². The van der Waals surface area contributed by atoms with Gasteiger partial charge in [-0.2, -0.15) is 13.2 Å². The highest BCUT2D eigenvalue weighted by Crippen LogP contribution is 2.40. The maximum Gasteiger partial charge on any atom is 0.416 e. The molecule has 1 aliphatic carbocycles. The van der Waals surface area contributed by atoms with Crippen molar-refractivity contribution in [1.82, 2.24) is 20.1 Å². The van der Waals surface area contributed by atoms with Crippen LogP contribution < -0.4 is 5.32 Å². The second-order valence-electron chi connectivity index (χ2n) is 10.9. The van der Waals surface area contributed by atoms with Crippen LogP contribution in [-0.2, 0) is 6.18 Å². The lowest BCUT2D eigenvalue weighted by atomic mass is 9.83. The summed E-state index contributed by atoms with van der Waals surface area (Å²) >= 11 is 0. The van der Waals surface area contributed by atoms with Crippen LogP contribution >= 0.6 is 0 Å². The van der Waals surface area contributed by atoms with Crippen molar-refractivity contribution in [2.45, 2.75) is 68.7 Å². The molecule has 8 heteroatoms. The molecule has 0 amide bonds. The zero-order valence-electron chi connectivity index (χ0n) is 22.4. The van der Waals surface area contributed by atoms with Gasteiger partial charge < -0.3 is 5.32 Å². The molecule has 1 saturated carbocycles. The predicted molar refractivity (Wildman–Crippen MR) is 148 cm³/mol. The van der Waals surface area contributed by atoms with E-state index in [1.807, 2.05) is 0 Å². The van der Waals surface area contributed by atoms with Crippen molar-refractivity contribution in [3.05, 3.63) is 77.5 Å². The Morgan fingerprint density at radius 2 is 1.69 bits per heavy atom. The summed E-state index contributed by atoms with van der Waals surface area (Å²) in [4.78, 5) is 20.6. The number of hydrogen-bond acceptors (Lipinski definition) is 5. The van der Waals surface area contributed by atoms with E-state index in [-0.39, 0.29) is 5.56 Å². The molecule has 2 aliphatic heterocycles. The van der Waals surface area contributed by atoms with Crippen molar-refractivity contribution < 1.29 is 18.0 Å². The Hall–Kier alpha value is -2.81. The minimum absolute atomic E-state index is 0.0322. The number of halogens is 3. The Labute approximate surface area is 228 Å². The van der Waals surface area contributed by atoms with E-state index in [2.05, 4.69) is 58.6 Å². The number of likely N-dealkylation sites (tertiary alicyclic amines) is 2. The molecule has 6 rings (SSSR count). The number of pyridine rings is 1. The van der Waals surface area contributed by atoms with Crippen LogP contribution in [0.4, 0.5) is 13.2 Å². The van der Waals surface area contributed by atoms with Crippen LogP contribution in [-0.4, -0.2) is 66.0 Å². The van der Waals surface area contributed by atoms with Crippen LogP contribution in [0.2, 0.25) is 0 Å². The van der Waals surface area contributed by atoms with Crippen molar-refractivity contribution in [3.63, 3.8) is 0 Å². The van der Waals surface area contributed by atoms with Gasteiger partial charge >= 0.3 is 6.18 Å². The molecule has 2 unspecified atom stereocenters. The molecule has 3 heterocycles. The van der Waals surface area contributed by atoms with Crippen molar-refractivity contribution in [1.29, 1.82) is 0 Å². The Balaban J connectivity index is 0.000000217. The van der Waals surface area contributed by atoms with E-state index < -0.39 is 11.7 Å². The van der Waals surface area contributed by atoms with Crippen LogP contribution in [0.15, 0.2) is 60.7 Å². The molecule has 3 aliphatic rings. The molecular formula is C31H37F3N4O. The zero-order valence-corrected chi connectivity index (χ0v) is 22.4. The fourth-order valence-corrected chi connectivity index (χ4v) is 6.76. The third-order valence-corrected chi connectivity index (χ3v) is 8.65. The minimum atomic E-state index is -4.38. The van der Waals surface area contributed by atoms with Crippen LogP contribution in [0.1, 0.15) is 66.1 Å². The molecule has 0 bridgehead atoms. The Bertz CT molecular complexity index is 1260.